The fourth-order valence-corrected chi connectivity index (χ4v) is 4.42. The van der Waals surface area contributed by atoms with Crippen molar-refractivity contribution in [1.29, 1.82) is 10.5 Å². The molecule has 0 spiro atoms. The molecule has 5 nitrogen and oxygen atoms in total. The largest absolute Gasteiger partial charge is 0.508 e. The summed E-state index contributed by atoms with van der Waals surface area (Å²) in [6.45, 7) is 0. The minimum atomic E-state index is -0.293. The Morgan fingerprint density at radius 1 is 1.06 bits per heavy atom. The Bertz CT molecular complexity index is 1300. The van der Waals surface area contributed by atoms with Gasteiger partial charge in [-0.25, -0.2) is 0 Å². The van der Waals surface area contributed by atoms with Gasteiger partial charge in [-0.15, -0.1) is 0 Å². The Kier molecular flexibility index (Phi) is 5.01. The number of benzene rings is 2. The van der Waals surface area contributed by atoms with Crippen LogP contribution in [0.1, 0.15) is 36.8 Å². The van der Waals surface area contributed by atoms with Crippen molar-refractivity contribution in [2.75, 3.05) is 0 Å². The molecule has 0 bridgehead atoms. The van der Waals surface area contributed by atoms with Crippen molar-refractivity contribution in [2.45, 2.75) is 31.8 Å². The van der Waals surface area contributed by atoms with Crippen LogP contribution in [0, 0.1) is 22.7 Å². The molecule has 1 aliphatic carbocycles. The van der Waals surface area contributed by atoms with Crippen LogP contribution < -0.4 is 9.47 Å². The minimum Gasteiger partial charge on any atom is -0.508 e. The number of para-hydroxylation sites is 1. The highest BCUT2D eigenvalue weighted by molar-refractivity contribution is 5.80. The van der Waals surface area contributed by atoms with Crippen molar-refractivity contribution in [2.24, 2.45) is 0 Å². The van der Waals surface area contributed by atoms with Gasteiger partial charge in [0.25, 0.3) is 0 Å². The molecule has 0 radical (unpaired) electrons. The van der Waals surface area contributed by atoms with Gasteiger partial charge < -0.3 is 14.6 Å². The Morgan fingerprint density at radius 2 is 1.91 bits per heavy atom. The van der Waals surface area contributed by atoms with Crippen molar-refractivity contribution in [1.82, 2.24) is 0 Å². The summed E-state index contributed by atoms with van der Waals surface area (Å²) in [5.41, 5.74) is 4.83. The van der Waals surface area contributed by atoms with Crippen LogP contribution in [0.5, 0.6) is 17.2 Å². The topological polar surface area (TPSA) is 86.3 Å². The highest BCUT2D eigenvalue weighted by Gasteiger charge is 2.26. The average Bonchev–Trinajstić information content (AvgIpc) is 2.82. The predicted molar refractivity (Wildman–Crippen MR) is 120 cm³/mol. The molecule has 0 saturated carbocycles. The summed E-state index contributed by atoms with van der Waals surface area (Å²) >= 11 is 0. The van der Waals surface area contributed by atoms with E-state index >= 15 is 0 Å². The number of rotatable bonds is 2. The molecule has 156 valence electrons. The highest BCUT2D eigenvalue weighted by atomic mass is 16.5. The van der Waals surface area contributed by atoms with E-state index in [1.165, 1.54) is 0 Å². The molecule has 0 fully saturated rings. The molecule has 0 aromatic heterocycles. The molecule has 2 aromatic carbocycles. The molecule has 2 aliphatic heterocycles. The lowest BCUT2D eigenvalue weighted by Crippen LogP contribution is -2.20. The molecule has 2 heterocycles. The van der Waals surface area contributed by atoms with E-state index in [0.717, 1.165) is 47.3 Å². The van der Waals surface area contributed by atoms with Crippen LogP contribution >= 0.6 is 0 Å². The van der Waals surface area contributed by atoms with Gasteiger partial charge in [0.15, 0.2) is 0 Å². The lowest BCUT2D eigenvalue weighted by Gasteiger charge is -2.28. The van der Waals surface area contributed by atoms with Crippen molar-refractivity contribution >= 4 is 11.6 Å². The average molecular weight is 420 g/mol. The molecule has 0 amide bonds. The van der Waals surface area contributed by atoms with E-state index in [1.807, 2.05) is 54.6 Å². The number of hydrogen-bond acceptors (Lipinski definition) is 5. The van der Waals surface area contributed by atoms with Gasteiger partial charge in [0, 0.05) is 23.6 Å². The second-order valence-electron chi connectivity index (χ2n) is 7.99. The first-order chi connectivity index (χ1) is 15.7. The summed E-state index contributed by atoms with van der Waals surface area (Å²) in [7, 11) is 0. The maximum absolute atomic E-state index is 9.82. The van der Waals surface area contributed by atoms with E-state index in [-0.39, 0.29) is 17.4 Å². The Morgan fingerprint density at radius 3 is 2.75 bits per heavy atom. The molecule has 2 aromatic rings. The van der Waals surface area contributed by atoms with Gasteiger partial charge >= 0.3 is 0 Å². The molecule has 1 unspecified atom stereocenters. The number of nitriles is 2. The second kappa shape index (κ2) is 8.13. The number of phenolic OH excluding ortho intramolecular Hbond substituents is 1. The predicted octanol–water partition coefficient (Wildman–Crippen LogP) is 5.81. The molecule has 1 atom stereocenters. The first-order valence-electron chi connectivity index (χ1n) is 10.6. The SMILES string of the molecule is N#CC(C#N)=C1CC(/C=C/C2=C3Oc4cc(O)ccc4C=C3CCC2)Oc2ccccc21. The smallest absolute Gasteiger partial charge is 0.138 e. The third-order valence-corrected chi connectivity index (χ3v) is 5.95. The zero-order valence-corrected chi connectivity index (χ0v) is 17.3. The van der Waals surface area contributed by atoms with Crippen molar-refractivity contribution < 1.29 is 14.6 Å². The van der Waals surface area contributed by atoms with Gasteiger partial charge in [-0.1, -0.05) is 24.3 Å². The van der Waals surface area contributed by atoms with E-state index in [4.69, 9.17) is 9.47 Å². The highest BCUT2D eigenvalue weighted by Crippen LogP contribution is 2.41. The number of phenols is 1. The van der Waals surface area contributed by atoms with Crippen molar-refractivity contribution in [3.05, 3.63) is 88.2 Å². The molecule has 1 N–H and O–H groups in total. The van der Waals surface area contributed by atoms with Gasteiger partial charge in [0.05, 0.1) is 0 Å². The number of allylic oxidation sites excluding steroid dienone is 4. The number of hydrogen-bond donors (Lipinski definition) is 1. The summed E-state index contributed by atoms with van der Waals surface area (Å²) in [4.78, 5) is 0. The van der Waals surface area contributed by atoms with Crippen LogP contribution in [0.3, 0.4) is 0 Å². The van der Waals surface area contributed by atoms with Gasteiger partial charge in [0.2, 0.25) is 0 Å². The van der Waals surface area contributed by atoms with E-state index in [1.54, 1.807) is 12.1 Å². The van der Waals surface area contributed by atoms with Crippen molar-refractivity contribution in [3.63, 3.8) is 0 Å². The zero-order chi connectivity index (χ0) is 22.1. The summed E-state index contributed by atoms with van der Waals surface area (Å²) < 4.78 is 12.3. The maximum atomic E-state index is 9.82. The summed E-state index contributed by atoms with van der Waals surface area (Å²) in [5, 5.41) is 28.6. The molecule has 32 heavy (non-hydrogen) atoms. The van der Waals surface area contributed by atoms with E-state index in [0.29, 0.717) is 23.5 Å². The maximum Gasteiger partial charge on any atom is 0.138 e. The fraction of sp³-hybridized carbons (Fsp3) is 0.185. The van der Waals surface area contributed by atoms with Crippen LogP contribution in [0.2, 0.25) is 0 Å². The molecular weight excluding hydrogens is 400 g/mol. The van der Waals surface area contributed by atoms with Gasteiger partial charge in [-0.3, -0.25) is 0 Å². The van der Waals surface area contributed by atoms with Crippen LogP contribution in [0.15, 0.2) is 77.1 Å². The number of ether oxygens (including phenoxy) is 2. The molecule has 5 rings (SSSR count). The lowest BCUT2D eigenvalue weighted by atomic mass is 9.88. The zero-order valence-electron chi connectivity index (χ0n) is 17.3. The Hall–Kier alpha value is -4.22. The summed E-state index contributed by atoms with van der Waals surface area (Å²) in [5.74, 6) is 2.34. The Labute approximate surface area is 186 Å². The quantitative estimate of drug-likeness (QED) is 0.619. The number of fused-ring (bicyclic) bond motifs is 3. The number of aromatic hydroxyl groups is 1. The van der Waals surface area contributed by atoms with Crippen molar-refractivity contribution in [3.8, 4) is 29.4 Å². The van der Waals surface area contributed by atoms with E-state index < -0.39 is 0 Å². The number of nitrogens with zero attached hydrogens (tertiary/aromatic N) is 2. The summed E-state index contributed by atoms with van der Waals surface area (Å²) in [6.07, 6.45) is 9.15. The van der Waals surface area contributed by atoms with Gasteiger partial charge in [-0.05, 0) is 66.3 Å². The first kappa shape index (κ1) is 19.7. The van der Waals surface area contributed by atoms with Gasteiger partial charge in [0.1, 0.15) is 46.8 Å². The third-order valence-electron chi connectivity index (χ3n) is 5.95. The molecular formula is C27H20N2O3. The van der Waals surface area contributed by atoms with Crippen LogP contribution in [0.4, 0.5) is 0 Å². The summed E-state index contributed by atoms with van der Waals surface area (Å²) in [6, 6.07) is 16.7. The molecule has 3 aliphatic rings. The third kappa shape index (κ3) is 3.55. The minimum absolute atomic E-state index is 0.121. The lowest BCUT2D eigenvalue weighted by molar-refractivity contribution is 0.245. The van der Waals surface area contributed by atoms with Crippen LogP contribution in [-0.2, 0) is 0 Å². The standard InChI is InChI=1S/C27H20N2O3/c28-15-20(16-29)24-14-22(31-25-7-2-1-6-23(24)25)11-9-17-4-3-5-19-12-18-8-10-21(30)13-26(18)32-27(17)19/h1-2,6-13,22,30H,3-5,14H2/b11-9+. The second-order valence-corrected chi connectivity index (χ2v) is 7.99. The fourth-order valence-electron chi connectivity index (χ4n) is 4.42. The van der Waals surface area contributed by atoms with Gasteiger partial charge in [-0.2, -0.15) is 10.5 Å². The van der Waals surface area contributed by atoms with E-state index in [2.05, 4.69) is 6.08 Å². The Balaban J connectivity index is 1.48. The normalized spacial score (nSPS) is 18.9. The van der Waals surface area contributed by atoms with E-state index in [9.17, 15) is 15.6 Å². The molecule has 0 saturated heterocycles. The monoisotopic (exact) mass is 420 g/mol. The van der Waals surface area contributed by atoms with Crippen LogP contribution in [-0.4, -0.2) is 11.2 Å². The molecule has 5 heteroatoms. The van der Waals surface area contributed by atoms with Crippen LogP contribution in [0.25, 0.3) is 11.6 Å². The first-order valence-corrected chi connectivity index (χ1v) is 10.6.